The zero-order chi connectivity index (χ0) is 24.2. The minimum absolute atomic E-state index is 0.219. The van der Waals surface area contributed by atoms with Gasteiger partial charge in [-0.1, -0.05) is 48.4 Å². The first-order chi connectivity index (χ1) is 16.4. The summed E-state index contributed by atoms with van der Waals surface area (Å²) in [6, 6.07) is 5.82. The van der Waals surface area contributed by atoms with E-state index in [1.54, 1.807) is 18.3 Å². The fourth-order valence-corrected chi connectivity index (χ4v) is 4.73. The topological polar surface area (TPSA) is 85.1 Å². The van der Waals surface area contributed by atoms with Crippen molar-refractivity contribution in [3.8, 4) is 0 Å². The van der Waals surface area contributed by atoms with Gasteiger partial charge in [-0.15, -0.1) is 0 Å². The Hall–Kier alpha value is -2.91. The van der Waals surface area contributed by atoms with Gasteiger partial charge >= 0.3 is 11.4 Å². The predicted octanol–water partition coefficient (Wildman–Crippen LogP) is 4.86. The monoisotopic (exact) mass is 500 g/mol. The third-order valence-electron chi connectivity index (χ3n) is 5.88. The van der Waals surface area contributed by atoms with Crippen LogP contribution in [0.25, 0.3) is 10.2 Å². The third kappa shape index (κ3) is 5.10. The van der Waals surface area contributed by atoms with Crippen LogP contribution < -0.4 is 21.6 Å². The van der Waals surface area contributed by atoms with Gasteiger partial charge in [0.15, 0.2) is 5.13 Å². The number of hydrogen-bond acceptors (Lipinski definition) is 7. The van der Waals surface area contributed by atoms with E-state index in [9.17, 15) is 9.59 Å². The van der Waals surface area contributed by atoms with Crippen molar-refractivity contribution in [1.29, 1.82) is 0 Å². The van der Waals surface area contributed by atoms with E-state index in [4.69, 9.17) is 16.6 Å². The Bertz CT molecular complexity index is 1370. The van der Waals surface area contributed by atoms with Crippen LogP contribution >= 0.6 is 22.9 Å². The molecular formula is C24H29ClN6O2S. The lowest BCUT2D eigenvalue weighted by Gasteiger charge is -2.30. The van der Waals surface area contributed by atoms with Gasteiger partial charge in [-0.05, 0) is 50.5 Å². The second-order valence-electron chi connectivity index (χ2n) is 8.12. The zero-order valence-electron chi connectivity index (χ0n) is 19.7. The minimum atomic E-state index is -0.568. The Morgan fingerprint density at radius 2 is 1.91 bits per heavy atom. The van der Waals surface area contributed by atoms with Crippen LogP contribution in [0.1, 0.15) is 40.0 Å². The lowest BCUT2D eigenvalue weighted by atomic mass is 10.2. The molecule has 1 aromatic carbocycles. The first-order valence-corrected chi connectivity index (χ1v) is 12.8. The van der Waals surface area contributed by atoms with Crippen molar-refractivity contribution in [2.24, 2.45) is 0 Å². The summed E-state index contributed by atoms with van der Waals surface area (Å²) >= 11 is 7.80. The molecule has 3 heterocycles. The summed E-state index contributed by atoms with van der Waals surface area (Å²) in [5.41, 5.74) is 1.71. The summed E-state index contributed by atoms with van der Waals surface area (Å²) in [6.07, 6.45) is 6.46. The largest absolute Gasteiger partial charge is 0.354 e. The van der Waals surface area contributed by atoms with Gasteiger partial charge in [0.2, 0.25) is 5.95 Å². The van der Waals surface area contributed by atoms with Gasteiger partial charge in [0.25, 0.3) is 0 Å². The van der Waals surface area contributed by atoms with E-state index in [2.05, 4.69) is 15.2 Å². The van der Waals surface area contributed by atoms with Crippen molar-refractivity contribution in [2.75, 3.05) is 23.3 Å². The Morgan fingerprint density at radius 1 is 1.12 bits per heavy atom. The number of nitrogens with one attached hydrogen (secondary N) is 1. The molecule has 10 heteroatoms. The molecule has 2 aromatic heterocycles. The van der Waals surface area contributed by atoms with Crippen LogP contribution in [0.3, 0.4) is 0 Å². The van der Waals surface area contributed by atoms with E-state index >= 15 is 0 Å². The lowest BCUT2D eigenvalue weighted by Crippen LogP contribution is -2.42. The Kier molecular flexibility index (Phi) is 7.53. The number of thiazole rings is 1. The fourth-order valence-electron chi connectivity index (χ4n) is 3.61. The molecule has 0 spiro atoms. The summed E-state index contributed by atoms with van der Waals surface area (Å²) in [5, 5.41) is 4.97. The normalized spacial score (nSPS) is 14.5. The number of nitrogens with zero attached hydrogens (tertiary/aromatic N) is 5. The molecule has 0 radical (unpaired) electrons. The van der Waals surface area contributed by atoms with Crippen molar-refractivity contribution in [2.45, 2.75) is 53.1 Å². The van der Waals surface area contributed by atoms with E-state index in [1.165, 1.54) is 11.0 Å². The average molecular weight is 501 g/mol. The molecular weight excluding hydrogens is 472 g/mol. The van der Waals surface area contributed by atoms with Crippen LogP contribution in [0.5, 0.6) is 0 Å². The molecule has 1 saturated heterocycles. The highest BCUT2D eigenvalue weighted by Gasteiger charge is 2.19. The number of fused-ring (bicyclic) bond motifs is 1. The van der Waals surface area contributed by atoms with Crippen LogP contribution in [-0.4, -0.2) is 32.2 Å². The zero-order valence-corrected chi connectivity index (χ0v) is 21.2. The fraction of sp³-hybridized carbons (Fsp3) is 0.417. The van der Waals surface area contributed by atoms with Gasteiger partial charge in [0.05, 0.1) is 16.8 Å². The van der Waals surface area contributed by atoms with Gasteiger partial charge in [-0.3, -0.25) is 4.57 Å². The molecule has 0 saturated carbocycles. The van der Waals surface area contributed by atoms with Gasteiger partial charge in [0, 0.05) is 30.4 Å². The van der Waals surface area contributed by atoms with Crippen molar-refractivity contribution in [3.05, 3.63) is 61.9 Å². The SMILES string of the molecule is CC/C(Cl)=C\C=C(/CC)Cn1c(Nc2ccc3nc(N4CCC4)sc3c2)nc(=O)n(CC)c1=O. The minimum Gasteiger partial charge on any atom is -0.348 e. The number of benzene rings is 1. The maximum absolute atomic E-state index is 13.2. The second-order valence-corrected chi connectivity index (χ2v) is 9.62. The smallest absolute Gasteiger partial charge is 0.348 e. The molecule has 34 heavy (non-hydrogen) atoms. The van der Waals surface area contributed by atoms with Crippen molar-refractivity contribution >= 4 is 49.9 Å². The quantitative estimate of drug-likeness (QED) is 0.422. The second kappa shape index (κ2) is 10.6. The van der Waals surface area contributed by atoms with Crippen LogP contribution in [0.15, 0.2) is 50.5 Å². The van der Waals surface area contributed by atoms with Crippen molar-refractivity contribution in [3.63, 3.8) is 0 Å². The molecule has 4 rings (SSSR count). The molecule has 1 fully saturated rings. The van der Waals surface area contributed by atoms with Gasteiger partial charge < -0.3 is 10.2 Å². The third-order valence-corrected chi connectivity index (χ3v) is 7.35. The molecule has 0 unspecified atom stereocenters. The Morgan fingerprint density at radius 3 is 2.56 bits per heavy atom. The number of halogens is 1. The first-order valence-electron chi connectivity index (χ1n) is 11.6. The number of hydrogen-bond donors (Lipinski definition) is 1. The van der Waals surface area contributed by atoms with Crippen LogP contribution in [0.2, 0.25) is 0 Å². The lowest BCUT2D eigenvalue weighted by molar-refractivity contribution is 0.570. The molecule has 0 atom stereocenters. The molecule has 8 nitrogen and oxygen atoms in total. The van der Waals surface area contributed by atoms with Gasteiger partial charge in [0.1, 0.15) is 0 Å². The highest BCUT2D eigenvalue weighted by molar-refractivity contribution is 7.22. The molecule has 1 aliphatic heterocycles. The number of aromatic nitrogens is 4. The van der Waals surface area contributed by atoms with Crippen LogP contribution in [0.4, 0.5) is 16.8 Å². The van der Waals surface area contributed by atoms with E-state index < -0.39 is 11.4 Å². The number of anilines is 3. The summed E-state index contributed by atoms with van der Waals surface area (Å²) in [5.74, 6) is 0.219. The molecule has 1 aliphatic rings. The Balaban J connectivity index is 1.70. The highest BCUT2D eigenvalue weighted by atomic mass is 35.5. The maximum atomic E-state index is 13.2. The summed E-state index contributed by atoms with van der Waals surface area (Å²) in [7, 11) is 0. The summed E-state index contributed by atoms with van der Waals surface area (Å²) in [4.78, 5) is 36.9. The molecule has 180 valence electrons. The molecule has 0 amide bonds. The predicted molar refractivity (Wildman–Crippen MR) is 141 cm³/mol. The number of allylic oxidation sites excluding steroid dienone is 4. The van der Waals surface area contributed by atoms with E-state index in [1.807, 2.05) is 44.2 Å². The molecule has 3 aromatic rings. The van der Waals surface area contributed by atoms with Crippen molar-refractivity contribution < 1.29 is 0 Å². The van der Waals surface area contributed by atoms with Gasteiger partial charge in [-0.2, -0.15) is 4.98 Å². The van der Waals surface area contributed by atoms with Crippen molar-refractivity contribution in [1.82, 2.24) is 19.1 Å². The first kappa shape index (κ1) is 24.2. The standard InChI is InChI=1S/C24H29ClN6O2S/c1-4-16(8-9-17(25)5-2)15-31-21(28-22(32)30(6-3)24(31)33)26-18-10-11-19-20(14-18)34-23(27-19)29-12-7-13-29/h8-11,14H,4-7,12-13,15H2,1-3H3,(H,26,28,32)/b16-8+,17-9+. The van der Waals surface area contributed by atoms with Crippen LogP contribution in [0, 0.1) is 0 Å². The van der Waals surface area contributed by atoms with E-state index in [-0.39, 0.29) is 12.5 Å². The van der Waals surface area contributed by atoms with E-state index in [0.717, 1.165) is 62.1 Å². The van der Waals surface area contributed by atoms with Crippen LogP contribution in [-0.2, 0) is 13.1 Å². The summed E-state index contributed by atoms with van der Waals surface area (Å²) in [6.45, 7) is 8.41. The molecule has 0 bridgehead atoms. The number of rotatable bonds is 9. The highest BCUT2D eigenvalue weighted by Crippen LogP contribution is 2.33. The summed E-state index contributed by atoms with van der Waals surface area (Å²) < 4.78 is 3.69. The van der Waals surface area contributed by atoms with Gasteiger partial charge in [-0.25, -0.2) is 19.1 Å². The molecule has 0 aliphatic carbocycles. The Labute approximate surface area is 207 Å². The average Bonchev–Trinajstić information content (AvgIpc) is 3.19. The van der Waals surface area contributed by atoms with E-state index in [0.29, 0.717) is 6.54 Å². The maximum Gasteiger partial charge on any atom is 0.354 e. The molecule has 1 N–H and O–H groups in total.